The van der Waals surface area contributed by atoms with Gasteiger partial charge in [-0.2, -0.15) is 9.78 Å². The van der Waals surface area contributed by atoms with Gasteiger partial charge in [0.1, 0.15) is 5.02 Å². The van der Waals surface area contributed by atoms with Gasteiger partial charge in [0.05, 0.1) is 11.9 Å². The molecule has 19 heavy (non-hydrogen) atoms. The number of anilines is 1. The van der Waals surface area contributed by atoms with Crippen LogP contribution in [0.25, 0.3) is 0 Å². The van der Waals surface area contributed by atoms with Gasteiger partial charge in [-0.15, -0.1) is 0 Å². The van der Waals surface area contributed by atoms with E-state index < -0.39 is 0 Å². The first kappa shape index (κ1) is 12.9. The number of nitrogens with zero attached hydrogens (tertiary/aromatic N) is 3. The van der Waals surface area contributed by atoms with E-state index in [0.717, 1.165) is 50.9 Å². The second kappa shape index (κ2) is 5.51. The Morgan fingerprint density at radius 1 is 1.26 bits per heavy atom. The average Bonchev–Trinajstić information content (AvgIpc) is 2.97. The largest absolute Gasteiger partial charge is 0.369 e. The molecule has 1 unspecified atom stereocenters. The van der Waals surface area contributed by atoms with E-state index in [2.05, 4.69) is 10.00 Å². The molecule has 1 aromatic rings. The molecule has 0 saturated carbocycles. The molecule has 104 valence electrons. The van der Waals surface area contributed by atoms with Gasteiger partial charge in [-0.3, -0.25) is 4.79 Å². The lowest BCUT2D eigenvalue weighted by atomic mass is 10.2. The van der Waals surface area contributed by atoms with E-state index in [1.165, 1.54) is 4.68 Å². The van der Waals surface area contributed by atoms with Crippen molar-refractivity contribution in [3.8, 4) is 0 Å². The molecule has 2 aliphatic heterocycles. The quantitative estimate of drug-likeness (QED) is 0.835. The highest BCUT2D eigenvalue weighted by Crippen LogP contribution is 2.26. The maximum absolute atomic E-state index is 12.3. The van der Waals surface area contributed by atoms with Crippen LogP contribution in [0.5, 0.6) is 0 Å². The van der Waals surface area contributed by atoms with Crippen molar-refractivity contribution < 1.29 is 4.74 Å². The second-order valence-electron chi connectivity index (χ2n) is 5.11. The molecule has 0 spiro atoms. The zero-order chi connectivity index (χ0) is 13.2. The highest BCUT2D eigenvalue weighted by atomic mass is 35.5. The fourth-order valence-electron chi connectivity index (χ4n) is 2.74. The van der Waals surface area contributed by atoms with Crippen molar-refractivity contribution in [3.63, 3.8) is 0 Å². The molecule has 2 saturated heterocycles. The van der Waals surface area contributed by atoms with Gasteiger partial charge in [0.2, 0.25) is 0 Å². The van der Waals surface area contributed by atoms with E-state index >= 15 is 0 Å². The molecule has 0 N–H and O–H groups in total. The summed E-state index contributed by atoms with van der Waals surface area (Å²) in [5.41, 5.74) is 0.522. The molecule has 0 aromatic carbocycles. The Balaban J connectivity index is 1.91. The Hall–Kier alpha value is -1.07. The third-order valence-electron chi connectivity index (χ3n) is 3.80. The van der Waals surface area contributed by atoms with Crippen LogP contribution in [0.2, 0.25) is 5.02 Å². The summed E-state index contributed by atoms with van der Waals surface area (Å²) < 4.78 is 6.98. The number of hydrogen-bond donors (Lipinski definition) is 0. The Morgan fingerprint density at radius 3 is 2.74 bits per heavy atom. The van der Waals surface area contributed by atoms with E-state index in [4.69, 9.17) is 16.3 Å². The van der Waals surface area contributed by atoms with E-state index in [9.17, 15) is 4.79 Å². The molecule has 2 aliphatic rings. The summed E-state index contributed by atoms with van der Waals surface area (Å²) in [6.45, 7) is 2.58. The molecule has 0 amide bonds. The molecule has 0 radical (unpaired) electrons. The monoisotopic (exact) mass is 283 g/mol. The van der Waals surface area contributed by atoms with E-state index in [-0.39, 0.29) is 16.8 Å². The van der Waals surface area contributed by atoms with Gasteiger partial charge in [-0.1, -0.05) is 11.6 Å². The number of halogens is 1. The molecule has 0 aliphatic carbocycles. The Labute approximate surface area is 117 Å². The predicted molar refractivity (Wildman–Crippen MR) is 73.8 cm³/mol. The zero-order valence-electron chi connectivity index (χ0n) is 10.8. The highest BCUT2D eigenvalue weighted by molar-refractivity contribution is 6.33. The van der Waals surface area contributed by atoms with E-state index in [1.807, 2.05) is 0 Å². The first-order valence-corrected chi connectivity index (χ1v) is 7.29. The first-order valence-electron chi connectivity index (χ1n) is 6.91. The molecular formula is C13H18ClN3O2. The second-order valence-corrected chi connectivity index (χ2v) is 5.49. The molecule has 5 nitrogen and oxygen atoms in total. The predicted octanol–water partition coefficient (Wildman–Crippen LogP) is 2.20. The lowest BCUT2D eigenvalue weighted by molar-refractivity contribution is -0.0424. The number of rotatable bonds is 2. The standard InChI is InChI=1S/C13H18ClN3O2/c14-12-10(16-6-2-3-7-16)9-15-17(13(12)18)11-5-1-4-8-19-11/h9,11H,1-8H2. The van der Waals surface area contributed by atoms with Gasteiger partial charge in [-0.25, -0.2) is 0 Å². The normalized spacial score (nSPS) is 23.8. The minimum atomic E-state index is -0.258. The maximum Gasteiger partial charge on any atom is 0.290 e. The summed E-state index contributed by atoms with van der Waals surface area (Å²) in [5.74, 6) is 0. The fourth-order valence-corrected chi connectivity index (χ4v) is 2.99. The summed E-state index contributed by atoms with van der Waals surface area (Å²) in [6, 6.07) is 0. The Kier molecular flexibility index (Phi) is 3.75. The van der Waals surface area contributed by atoms with Crippen LogP contribution in [0, 0.1) is 0 Å². The van der Waals surface area contributed by atoms with Crippen LogP contribution in [0.15, 0.2) is 11.0 Å². The highest BCUT2D eigenvalue weighted by Gasteiger charge is 2.23. The van der Waals surface area contributed by atoms with Gasteiger partial charge in [0.25, 0.3) is 5.56 Å². The number of ether oxygens (including phenoxy) is 1. The van der Waals surface area contributed by atoms with Crippen LogP contribution < -0.4 is 10.5 Å². The first-order chi connectivity index (χ1) is 9.27. The van der Waals surface area contributed by atoms with Gasteiger partial charge < -0.3 is 9.64 Å². The lowest BCUT2D eigenvalue weighted by Gasteiger charge is -2.25. The topological polar surface area (TPSA) is 47.4 Å². The Morgan fingerprint density at radius 2 is 2.05 bits per heavy atom. The van der Waals surface area contributed by atoms with Gasteiger partial charge in [0, 0.05) is 19.7 Å². The molecule has 0 bridgehead atoms. The van der Waals surface area contributed by atoms with Gasteiger partial charge in [-0.05, 0) is 32.1 Å². The average molecular weight is 284 g/mol. The van der Waals surface area contributed by atoms with Crippen LogP contribution >= 0.6 is 11.6 Å². The molecule has 2 fully saturated rings. The SMILES string of the molecule is O=c1c(Cl)c(N2CCCC2)cnn1C1CCCCO1. The maximum atomic E-state index is 12.3. The lowest BCUT2D eigenvalue weighted by Crippen LogP contribution is -2.33. The molecule has 1 atom stereocenters. The third-order valence-corrected chi connectivity index (χ3v) is 4.16. The molecular weight excluding hydrogens is 266 g/mol. The molecule has 3 rings (SSSR count). The Bertz CT molecular complexity index is 505. The molecule has 1 aromatic heterocycles. The van der Waals surface area contributed by atoms with Crippen molar-refractivity contribution in [2.24, 2.45) is 0 Å². The van der Waals surface area contributed by atoms with E-state index in [1.54, 1.807) is 6.20 Å². The van der Waals surface area contributed by atoms with E-state index in [0.29, 0.717) is 6.61 Å². The van der Waals surface area contributed by atoms with Crippen molar-refractivity contribution in [2.45, 2.75) is 38.3 Å². The minimum absolute atomic E-state index is 0.238. The summed E-state index contributed by atoms with van der Waals surface area (Å²) in [6.07, 6.45) is 6.66. The van der Waals surface area contributed by atoms with Crippen LogP contribution in [-0.2, 0) is 4.74 Å². The van der Waals surface area contributed by atoms with Crippen LogP contribution in [0.4, 0.5) is 5.69 Å². The van der Waals surface area contributed by atoms with Crippen molar-refractivity contribution in [1.82, 2.24) is 9.78 Å². The van der Waals surface area contributed by atoms with Crippen molar-refractivity contribution in [3.05, 3.63) is 21.6 Å². The number of aromatic nitrogens is 2. The van der Waals surface area contributed by atoms with Crippen LogP contribution in [-0.4, -0.2) is 29.5 Å². The minimum Gasteiger partial charge on any atom is -0.369 e. The molecule has 6 heteroatoms. The van der Waals surface area contributed by atoms with Crippen LogP contribution in [0.1, 0.15) is 38.3 Å². The number of hydrogen-bond acceptors (Lipinski definition) is 4. The molecule has 3 heterocycles. The van der Waals surface area contributed by atoms with Gasteiger partial charge >= 0.3 is 0 Å². The third kappa shape index (κ3) is 2.49. The summed E-state index contributed by atoms with van der Waals surface area (Å²) in [5, 5.41) is 4.53. The smallest absolute Gasteiger partial charge is 0.290 e. The van der Waals surface area contributed by atoms with Crippen LogP contribution in [0.3, 0.4) is 0 Å². The van der Waals surface area contributed by atoms with Gasteiger partial charge in [0.15, 0.2) is 6.23 Å². The van der Waals surface area contributed by atoms with Crippen molar-refractivity contribution in [2.75, 3.05) is 24.6 Å². The van der Waals surface area contributed by atoms with Crippen molar-refractivity contribution in [1.29, 1.82) is 0 Å². The summed E-state index contributed by atoms with van der Waals surface area (Å²) in [4.78, 5) is 14.4. The summed E-state index contributed by atoms with van der Waals surface area (Å²) in [7, 11) is 0. The fraction of sp³-hybridized carbons (Fsp3) is 0.692. The van der Waals surface area contributed by atoms with Crippen molar-refractivity contribution >= 4 is 17.3 Å². The zero-order valence-corrected chi connectivity index (χ0v) is 11.6. The summed E-state index contributed by atoms with van der Waals surface area (Å²) >= 11 is 6.23.